The number of rotatable bonds is 5. The first kappa shape index (κ1) is 18.0. The number of hydrogen-bond acceptors (Lipinski definition) is 6. The van der Waals surface area contributed by atoms with Crippen LogP contribution in [0.3, 0.4) is 0 Å². The van der Waals surface area contributed by atoms with E-state index in [1.807, 2.05) is 6.07 Å². The van der Waals surface area contributed by atoms with Crippen molar-refractivity contribution >= 4 is 21.4 Å². The van der Waals surface area contributed by atoms with Crippen LogP contribution in [0.15, 0.2) is 34.5 Å². The third kappa shape index (κ3) is 4.07. The number of nitriles is 1. The largest absolute Gasteiger partial charge is 0.295 e. The maximum atomic E-state index is 12.7. The molecule has 1 aliphatic heterocycles. The van der Waals surface area contributed by atoms with Crippen LogP contribution in [0.2, 0.25) is 0 Å². The maximum Gasteiger partial charge on any atom is 0.243 e. The lowest BCUT2D eigenvalue weighted by atomic mass is 10.2. The minimum absolute atomic E-state index is 0.187. The summed E-state index contributed by atoms with van der Waals surface area (Å²) in [5.74, 6) is 0. The van der Waals surface area contributed by atoms with Crippen LogP contribution in [0.25, 0.3) is 0 Å². The van der Waals surface area contributed by atoms with Crippen molar-refractivity contribution in [2.75, 3.05) is 26.2 Å². The molecule has 0 aliphatic carbocycles. The number of sulfonamides is 1. The van der Waals surface area contributed by atoms with Gasteiger partial charge in [0.05, 0.1) is 27.2 Å². The van der Waals surface area contributed by atoms with Gasteiger partial charge < -0.3 is 0 Å². The Kier molecular flexibility index (Phi) is 5.49. The molecule has 132 valence electrons. The van der Waals surface area contributed by atoms with Crippen molar-refractivity contribution in [1.29, 1.82) is 5.26 Å². The zero-order valence-corrected chi connectivity index (χ0v) is 15.7. The molecule has 25 heavy (non-hydrogen) atoms. The van der Waals surface area contributed by atoms with Crippen molar-refractivity contribution in [1.82, 2.24) is 14.2 Å². The van der Waals surface area contributed by atoms with E-state index in [-0.39, 0.29) is 4.90 Å². The number of hydrogen-bond donors (Lipinski definition) is 0. The van der Waals surface area contributed by atoms with Crippen LogP contribution in [0.1, 0.15) is 23.2 Å². The molecular weight excluding hydrogens is 356 g/mol. The molecule has 1 aromatic heterocycles. The van der Waals surface area contributed by atoms with Crippen LogP contribution >= 0.6 is 11.3 Å². The fraction of sp³-hybridized carbons (Fsp3) is 0.412. The number of aryl methyl sites for hydroxylation is 1. The summed E-state index contributed by atoms with van der Waals surface area (Å²) in [5.41, 5.74) is 1.41. The Morgan fingerprint density at radius 3 is 2.68 bits per heavy atom. The van der Waals surface area contributed by atoms with Crippen molar-refractivity contribution in [3.8, 4) is 6.07 Å². The van der Waals surface area contributed by atoms with E-state index < -0.39 is 10.0 Å². The van der Waals surface area contributed by atoms with Crippen LogP contribution in [-0.2, 0) is 23.0 Å². The van der Waals surface area contributed by atoms with Gasteiger partial charge in [0.15, 0.2) is 0 Å². The molecule has 2 heterocycles. The molecule has 6 nitrogen and oxygen atoms in total. The first-order valence-corrected chi connectivity index (χ1v) is 10.5. The standard InChI is InChI=1S/C17H20N4O2S2/c1-2-17-19-15(13-24-17)12-20-6-8-21(9-7-20)25(22,23)16-5-3-4-14(10-16)11-18/h3-5,10,13H,2,6-9,12H2,1H3. The van der Waals surface area contributed by atoms with Gasteiger partial charge >= 0.3 is 0 Å². The van der Waals surface area contributed by atoms with Gasteiger partial charge in [-0.3, -0.25) is 4.90 Å². The lowest BCUT2D eigenvalue weighted by Crippen LogP contribution is -2.48. The average molecular weight is 377 g/mol. The Morgan fingerprint density at radius 2 is 2.04 bits per heavy atom. The molecule has 1 aliphatic rings. The van der Waals surface area contributed by atoms with Gasteiger partial charge in [-0.2, -0.15) is 9.57 Å². The van der Waals surface area contributed by atoms with Crippen LogP contribution in [0, 0.1) is 11.3 Å². The highest BCUT2D eigenvalue weighted by atomic mass is 32.2. The summed E-state index contributed by atoms with van der Waals surface area (Å²) in [6.45, 7) is 5.10. The smallest absolute Gasteiger partial charge is 0.243 e. The van der Waals surface area contributed by atoms with Gasteiger partial charge in [0.2, 0.25) is 10.0 Å². The first-order chi connectivity index (χ1) is 12.0. The monoisotopic (exact) mass is 376 g/mol. The highest BCUT2D eigenvalue weighted by Gasteiger charge is 2.28. The van der Waals surface area contributed by atoms with E-state index in [1.54, 1.807) is 29.5 Å². The summed E-state index contributed by atoms with van der Waals surface area (Å²) >= 11 is 1.67. The van der Waals surface area contributed by atoms with Gasteiger partial charge in [-0.1, -0.05) is 13.0 Å². The Balaban J connectivity index is 1.64. The van der Waals surface area contributed by atoms with E-state index in [0.29, 0.717) is 31.7 Å². The molecule has 0 amide bonds. The Hall–Kier alpha value is -1.79. The molecule has 3 rings (SSSR count). The van der Waals surface area contributed by atoms with Crippen LogP contribution in [0.4, 0.5) is 0 Å². The minimum atomic E-state index is -3.55. The lowest BCUT2D eigenvalue weighted by Gasteiger charge is -2.33. The summed E-state index contributed by atoms with van der Waals surface area (Å²) in [4.78, 5) is 6.99. The van der Waals surface area contributed by atoms with Crippen molar-refractivity contribution in [2.45, 2.75) is 24.8 Å². The molecule has 0 radical (unpaired) electrons. The van der Waals surface area contributed by atoms with E-state index in [2.05, 4.69) is 22.2 Å². The summed E-state index contributed by atoms with van der Waals surface area (Å²) in [5, 5.41) is 12.2. The highest BCUT2D eigenvalue weighted by molar-refractivity contribution is 7.89. The van der Waals surface area contributed by atoms with Gasteiger partial charge in [-0.25, -0.2) is 13.4 Å². The van der Waals surface area contributed by atoms with Gasteiger partial charge in [0.1, 0.15) is 0 Å². The fourth-order valence-electron chi connectivity index (χ4n) is 2.82. The van der Waals surface area contributed by atoms with E-state index in [0.717, 1.165) is 23.7 Å². The number of piperazine rings is 1. The molecule has 1 saturated heterocycles. The summed E-state index contributed by atoms with van der Waals surface area (Å²) in [6, 6.07) is 8.18. The molecule has 0 bridgehead atoms. The zero-order chi connectivity index (χ0) is 17.9. The van der Waals surface area contributed by atoms with Crippen molar-refractivity contribution in [2.24, 2.45) is 0 Å². The molecule has 1 aromatic carbocycles. The second-order valence-corrected chi connectivity index (χ2v) is 8.79. The maximum absolute atomic E-state index is 12.7. The van der Waals surface area contributed by atoms with Gasteiger partial charge in [0, 0.05) is 38.1 Å². The third-order valence-corrected chi connectivity index (χ3v) is 7.16. The molecule has 1 fully saturated rings. The predicted octanol–water partition coefficient (Wildman–Crippen LogP) is 2.08. The van der Waals surface area contributed by atoms with Crippen molar-refractivity contribution in [3.63, 3.8) is 0 Å². The second-order valence-electron chi connectivity index (χ2n) is 5.91. The summed E-state index contributed by atoms with van der Waals surface area (Å²) in [6.07, 6.45) is 0.943. The van der Waals surface area contributed by atoms with Crippen LogP contribution < -0.4 is 0 Å². The Bertz CT molecular complexity index is 878. The van der Waals surface area contributed by atoms with E-state index in [4.69, 9.17) is 5.26 Å². The van der Waals surface area contributed by atoms with Gasteiger partial charge in [-0.15, -0.1) is 11.3 Å². The fourth-order valence-corrected chi connectivity index (χ4v) is 5.02. The Labute approximate surface area is 152 Å². The van der Waals surface area contributed by atoms with E-state index in [9.17, 15) is 8.42 Å². The van der Waals surface area contributed by atoms with Gasteiger partial charge in [-0.05, 0) is 24.6 Å². The van der Waals surface area contributed by atoms with E-state index >= 15 is 0 Å². The van der Waals surface area contributed by atoms with Gasteiger partial charge in [0.25, 0.3) is 0 Å². The third-order valence-electron chi connectivity index (χ3n) is 4.22. The quantitative estimate of drug-likeness (QED) is 0.798. The summed E-state index contributed by atoms with van der Waals surface area (Å²) < 4.78 is 27.0. The topological polar surface area (TPSA) is 77.3 Å². The zero-order valence-electron chi connectivity index (χ0n) is 14.1. The van der Waals surface area contributed by atoms with Crippen molar-refractivity contribution < 1.29 is 8.42 Å². The molecule has 0 N–H and O–H groups in total. The van der Waals surface area contributed by atoms with Crippen LogP contribution in [-0.4, -0.2) is 48.8 Å². The normalized spacial score (nSPS) is 16.6. The first-order valence-electron chi connectivity index (χ1n) is 8.19. The predicted molar refractivity (Wildman–Crippen MR) is 96.7 cm³/mol. The number of thiazole rings is 1. The van der Waals surface area contributed by atoms with Crippen molar-refractivity contribution in [3.05, 3.63) is 45.9 Å². The molecule has 0 atom stereocenters. The second kappa shape index (κ2) is 7.62. The highest BCUT2D eigenvalue weighted by Crippen LogP contribution is 2.20. The number of aromatic nitrogens is 1. The summed E-state index contributed by atoms with van der Waals surface area (Å²) in [7, 11) is -3.55. The molecule has 8 heteroatoms. The number of benzene rings is 1. The molecule has 0 unspecified atom stereocenters. The number of nitrogens with zero attached hydrogens (tertiary/aromatic N) is 4. The van der Waals surface area contributed by atoms with Crippen LogP contribution in [0.5, 0.6) is 0 Å². The minimum Gasteiger partial charge on any atom is -0.295 e. The molecule has 2 aromatic rings. The Morgan fingerprint density at radius 1 is 1.28 bits per heavy atom. The molecular formula is C17H20N4O2S2. The molecule has 0 saturated carbocycles. The molecule has 0 spiro atoms. The SMILES string of the molecule is CCc1nc(CN2CCN(S(=O)(=O)c3cccc(C#N)c3)CC2)cs1. The average Bonchev–Trinajstić information content (AvgIpc) is 3.10. The lowest BCUT2D eigenvalue weighted by molar-refractivity contribution is 0.180. The van der Waals surface area contributed by atoms with E-state index in [1.165, 1.54) is 10.4 Å².